The molecule has 2 fully saturated rings. The normalized spacial score (nSPS) is 21.3. The van der Waals surface area contributed by atoms with Gasteiger partial charge in [-0.3, -0.25) is 9.59 Å². The fourth-order valence-electron chi connectivity index (χ4n) is 4.31. The number of amides is 2. The molecular formula is C21H30N2O2. The lowest BCUT2D eigenvalue weighted by Gasteiger charge is -2.34. The molecule has 0 bridgehead atoms. The largest absolute Gasteiger partial charge is 0.342 e. The Morgan fingerprint density at radius 3 is 2.52 bits per heavy atom. The maximum absolute atomic E-state index is 13.1. The highest BCUT2D eigenvalue weighted by Crippen LogP contribution is 2.29. The Hall–Kier alpha value is -1.84. The van der Waals surface area contributed by atoms with Crippen LogP contribution in [-0.4, -0.2) is 46.8 Å². The van der Waals surface area contributed by atoms with Gasteiger partial charge in [-0.2, -0.15) is 0 Å². The van der Waals surface area contributed by atoms with Crippen molar-refractivity contribution in [3.63, 3.8) is 0 Å². The molecule has 1 atom stereocenters. The highest BCUT2D eigenvalue weighted by atomic mass is 16.2. The van der Waals surface area contributed by atoms with Crippen molar-refractivity contribution in [3.8, 4) is 0 Å². The second-order valence-corrected chi connectivity index (χ2v) is 7.75. The minimum atomic E-state index is -0.161. The van der Waals surface area contributed by atoms with Crippen LogP contribution in [0, 0.1) is 5.92 Å². The highest BCUT2D eigenvalue weighted by Gasteiger charge is 2.39. The van der Waals surface area contributed by atoms with Gasteiger partial charge < -0.3 is 9.80 Å². The van der Waals surface area contributed by atoms with Gasteiger partial charge in [0.2, 0.25) is 11.8 Å². The Bertz CT molecular complexity index is 593. The van der Waals surface area contributed by atoms with Gasteiger partial charge in [0, 0.05) is 31.6 Å². The number of benzene rings is 1. The van der Waals surface area contributed by atoms with E-state index in [1.807, 2.05) is 23.1 Å². The van der Waals surface area contributed by atoms with Crippen LogP contribution in [0.25, 0.3) is 0 Å². The molecule has 0 unspecified atom stereocenters. The van der Waals surface area contributed by atoms with Crippen LogP contribution in [-0.2, 0) is 16.0 Å². The van der Waals surface area contributed by atoms with Gasteiger partial charge in [-0.1, -0.05) is 43.2 Å². The van der Waals surface area contributed by atoms with Crippen molar-refractivity contribution >= 4 is 11.8 Å². The average Bonchev–Trinajstić information content (AvgIpc) is 3.24. The SMILES string of the molecule is CC(C)N(C(=O)[C@H]1CC(=O)N(CCc2ccccc2)C1)C1CCCC1. The predicted octanol–water partition coefficient (Wildman–Crippen LogP) is 3.26. The Morgan fingerprint density at radius 1 is 1.20 bits per heavy atom. The molecule has 0 N–H and O–H groups in total. The first-order valence-corrected chi connectivity index (χ1v) is 9.70. The van der Waals surface area contributed by atoms with Crippen molar-refractivity contribution in [2.24, 2.45) is 5.92 Å². The third-order valence-corrected chi connectivity index (χ3v) is 5.61. The molecule has 25 heavy (non-hydrogen) atoms. The molecule has 1 aliphatic carbocycles. The van der Waals surface area contributed by atoms with Crippen LogP contribution in [0.1, 0.15) is 51.5 Å². The lowest BCUT2D eigenvalue weighted by molar-refractivity contribution is -0.140. The van der Waals surface area contributed by atoms with Crippen LogP contribution in [0.3, 0.4) is 0 Å². The molecule has 1 saturated carbocycles. The molecule has 2 aliphatic rings. The summed E-state index contributed by atoms with van der Waals surface area (Å²) >= 11 is 0. The summed E-state index contributed by atoms with van der Waals surface area (Å²) in [6, 6.07) is 10.8. The van der Waals surface area contributed by atoms with Crippen LogP contribution in [0.5, 0.6) is 0 Å². The quantitative estimate of drug-likeness (QED) is 0.796. The van der Waals surface area contributed by atoms with Gasteiger partial charge in [0.15, 0.2) is 0 Å². The van der Waals surface area contributed by atoms with Crippen molar-refractivity contribution in [1.29, 1.82) is 0 Å². The zero-order chi connectivity index (χ0) is 17.8. The fourth-order valence-corrected chi connectivity index (χ4v) is 4.31. The van der Waals surface area contributed by atoms with Crippen LogP contribution in [0.2, 0.25) is 0 Å². The summed E-state index contributed by atoms with van der Waals surface area (Å²) in [5.41, 5.74) is 1.24. The Morgan fingerprint density at radius 2 is 1.88 bits per heavy atom. The summed E-state index contributed by atoms with van der Waals surface area (Å²) in [7, 11) is 0. The van der Waals surface area contributed by atoms with Crippen molar-refractivity contribution in [1.82, 2.24) is 9.80 Å². The molecule has 1 heterocycles. The van der Waals surface area contributed by atoms with Gasteiger partial charge in [0.25, 0.3) is 0 Å². The minimum absolute atomic E-state index is 0.129. The minimum Gasteiger partial charge on any atom is -0.342 e. The monoisotopic (exact) mass is 342 g/mol. The number of hydrogen-bond donors (Lipinski definition) is 0. The van der Waals surface area contributed by atoms with Gasteiger partial charge in [-0.15, -0.1) is 0 Å². The first kappa shape index (κ1) is 18.0. The average molecular weight is 342 g/mol. The fraction of sp³-hybridized carbons (Fsp3) is 0.619. The summed E-state index contributed by atoms with van der Waals surface area (Å²) in [5.74, 6) is 0.160. The van der Waals surface area contributed by atoms with Crippen LogP contribution < -0.4 is 0 Å². The molecule has 3 rings (SSSR count). The summed E-state index contributed by atoms with van der Waals surface area (Å²) in [6.45, 7) is 5.48. The predicted molar refractivity (Wildman–Crippen MR) is 99.1 cm³/mol. The van der Waals surface area contributed by atoms with E-state index in [-0.39, 0.29) is 23.8 Å². The van der Waals surface area contributed by atoms with Crippen LogP contribution in [0.4, 0.5) is 0 Å². The molecule has 4 heteroatoms. The summed E-state index contributed by atoms with van der Waals surface area (Å²) in [6.07, 6.45) is 5.89. The summed E-state index contributed by atoms with van der Waals surface area (Å²) in [4.78, 5) is 29.4. The zero-order valence-corrected chi connectivity index (χ0v) is 15.5. The standard InChI is InChI=1S/C21H30N2O2/c1-16(2)23(19-10-6-7-11-19)21(25)18-14-20(24)22(15-18)13-12-17-8-4-3-5-9-17/h3-5,8-9,16,18-19H,6-7,10-15H2,1-2H3/t18-/m0/s1. The molecule has 1 aromatic carbocycles. The molecule has 4 nitrogen and oxygen atoms in total. The first-order chi connectivity index (χ1) is 12.1. The maximum atomic E-state index is 13.1. The molecule has 136 valence electrons. The molecule has 0 spiro atoms. The zero-order valence-electron chi connectivity index (χ0n) is 15.5. The second-order valence-electron chi connectivity index (χ2n) is 7.75. The van der Waals surface area contributed by atoms with E-state index in [9.17, 15) is 9.59 Å². The third kappa shape index (κ3) is 4.23. The van der Waals surface area contributed by atoms with Crippen molar-refractivity contribution < 1.29 is 9.59 Å². The van der Waals surface area contributed by atoms with Gasteiger partial charge in [0.1, 0.15) is 0 Å². The summed E-state index contributed by atoms with van der Waals surface area (Å²) < 4.78 is 0. The van der Waals surface area contributed by atoms with E-state index in [1.165, 1.54) is 18.4 Å². The van der Waals surface area contributed by atoms with E-state index in [4.69, 9.17) is 0 Å². The van der Waals surface area contributed by atoms with Gasteiger partial charge in [0.05, 0.1) is 5.92 Å². The number of hydrogen-bond acceptors (Lipinski definition) is 2. The van der Waals surface area contributed by atoms with E-state index < -0.39 is 0 Å². The number of carbonyl (C=O) groups excluding carboxylic acids is 2. The molecule has 0 aromatic heterocycles. The van der Waals surface area contributed by atoms with Gasteiger partial charge in [-0.05, 0) is 38.7 Å². The Balaban J connectivity index is 1.59. The number of rotatable bonds is 6. The van der Waals surface area contributed by atoms with Gasteiger partial charge >= 0.3 is 0 Å². The van der Waals surface area contributed by atoms with Crippen LogP contribution in [0.15, 0.2) is 30.3 Å². The highest BCUT2D eigenvalue weighted by molar-refractivity contribution is 5.89. The molecule has 1 saturated heterocycles. The van der Waals surface area contributed by atoms with Crippen LogP contribution >= 0.6 is 0 Å². The maximum Gasteiger partial charge on any atom is 0.228 e. The molecule has 1 aliphatic heterocycles. The summed E-state index contributed by atoms with van der Waals surface area (Å²) in [5, 5.41) is 0. The second kappa shape index (κ2) is 8.03. The third-order valence-electron chi connectivity index (χ3n) is 5.61. The molecule has 2 amide bonds. The Kier molecular flexibility index (Phi) is 5.77. The lowest BCUT2D eigenvalue weighted by Crippen LogP contribution is -2.47. The van der Waals surface area contributed by atoms with E-state index in [2.05, 4.69) is 30.9 Å². The first-order valence-electron chi connectivity index (χ1n) is 9.70. The topological polar surface area (TPSA) is 40.6 Å². The van der Waals surface area contributed by atoms with Gasteiger partial charge in [-0.25, -0.2) is 0 Å². The molecule has 0 radical (unpaired) electrons. The number of likely N-dealkylation sites (tertiary alicyclic amines) is 1. The van der Waals surface area contributed by atoms with Crippen molar-refractivity contribution in [2.45, 2.75) is 64.5 Å². The number of nitrogens with zero attached hydrogens (tertiary/aromatic N) is 2. The van der Waals surface area contributed by atoms with Crippen molar-refractivity contribution in [3.05, 3.63) is 35.9 Å². The Labute approximate surface area is 151 Å². The lowest BCUT2D eigenvalue weighted by atomic mass is 10.0. The number of carbonyl (C=O) groups is 2. The van der Waals surface area contributed by atoms with Crippen molar-refractivity contribution in [2.75, 3.05) is 13.1 Å². The molecular weight excluding hydrogens is 312 g/mol. The van der Waals surface area contributed by atoms with E-state index in [0.717, 1.165) is 19.3 Å². The smallest absolute Gasteiger partial charge is 0.228 e. The molecule has 1 aromatic rings. The van der Waals surface area contributed by atoms with E-state index in [0.29, 0.717) is 25.6 Å². The van der Waals surface area contributed by atoms with E-state index in [1.54, 1.807) is 0 Å². The van der Waals surface area contributed by atoms with E-state index >= 15 is 0 Å².